The monoisotopic (exact) mass is 541 g/mol. The number of alkyl halides is 3. The summed E-state index contributed by atoms with van der Waals surface area (Å²) < 4.78 is 39.3. The summed E-state index contributed by atoms with van der Waals surface area (Å²) in [4.78, 5) is 28.3. The van der Waals surface area contributed by atoms with Gasteiger partial charge in [0.05, 0.1) is 15.8 Å². The zero-order valence-electron chi connectivity index (χ0n) is 19.4. The van der Waals surface area contributed by atoms with Gasteiger partial charge in [-0.3, -0.25) is 4.79 Å². The molecule has 3 aromatic carbocycles. The molecular weight excluding hydrogens is 515 g/mol. The molecule has 198 valence electrons. The first-order chi connectivity index (χ1) is 17.7. The van der Waals surface area contributed by atoms with Crippen LogP contribution in [0.25, 0.3) is 21.3 Å². The Morgan fingerprint density at radius 2 is 1.63 bits per heavy atom. The van der Waals surface area contributed by atoms with Crippen LogP contribution in [0.2, 0.25) is 0 Å². The first kappa shape index (κ1) is 27.1. The second-order valence-electron chi connectivity index (χ2n) is 9.02. The number of rotatable bonds is 8. The molecular formula is C28H26F3N3O3S. The van der Waals surface area contributed by atoms with E-state index in [1.54, 1.807) is 24.3 Å². The van der Waals surface area contributed by atoms with Crippen LogP contribution in [-0.4, -0.2) is 28.0 Å². The lowest BCUT2D eigenvalue weighted by Gasteiger charge is -2.14. The highest BCUT2D eigenvalue weighted by atomic mass is 32.1. The number of nitrogens with zero attached hydrogens (tertiary/aromatic N) is 1. The number of benzene rings is 3. The molecule has 1 aromatic heterocycles. The molecule has 1 aliphatic carbocycles. The van der Waals surface area contributed by atoms with Crippen LogP contribution in [0.15, 0.2) is 66.7 Å². The fourth-order valence-corrected chi connectivity index (χ4v) is 4.91. The van der Waals surface area contributed by atoms with Crippen molar-refractivity contribution in [2.45, 2.75) is 38.9 Å². The fourth-order valence-electron chi connectivity index (χ4n) is 3.99. The number of carboxylic acid groups (broad SMARTS) is 1. The molecule has 5 rings (SSSR count). The van der Waals surface area contributed by atoms with E-state index in [9.17, 15) is 27.9 Å². The van der Waals surface area contributed by atoms with Crippen molar-refractivity contribution in [3.8, 4) is 11.1 Å². The van der Waals surface area contributed by atoms with Crippen molar-refractivity contribution in [3.05, 3.63) is 77.9 Å². The molecule has 1 amide bonds. The Morgan fingerprint density at radius 1 is 1.00 bits per heavy atom. The Morgan fingerprint density at radius 3 is 2.21 bits per heavy atom. The summed E-state index contributed by atoms with van der Waals surface area (Å²) >= 11 is 1.14. The Balaban J connectivity index is 0.00000336. The summed E-state index contributed by atoms with van der Waals surface area (Å²) in [5.41, 5.74) is 2.66. The predicted molar refractivity (Wildman–Crippen MR) is 143 cm³/mol. The van der Waals surface area contributed by atoms with E-state index >= 15 is 0 Å². The second kappa shape index (κ2) is 10.8. The van der Waals surface area contributed by atoms with Gasteiger partial charge < -0.3 is 15.7 Å². The second-order valence-corrected chi connectivity index (χ2v) is 10.1. The van der Waals surface area contributed by atoms with Crippen LogP contribution in [0.5, 0.6) is 0 Å². The molecule has 38 heavy (non-hydrogen) atoms. The van der Waals surface area contributed by atoms with Crippen LogP contribution in [0.4, 0.5) is 24.0 Å². The van der Waals surface area contributed by atoms with Gasteiger partial charge in [-0.05, 0) is 65.9 Å². The van der Waals surface area contributed by atoms with Crippen molar-refractivity contribution in [1.29, 1.82) is 0 Å². The lowest BCUT2D eigenvalue weighted by Crippen LogP contribution is -2.41. The summed E-state index contributed by atoms with van der Waals surface area (Å²) in [6, 6.07) is 16.9. The molecule has 6 nitrogen and oxygen atoms in total. The third-order valence-corrected chi connectivity index (χ3v) is 7.14. The van der Waals surface area contributed by atoms with Gasteiger partial charge in [0.2, 0.25) is 0 Å². The third kappa shape index (κ3) is 6.31. The summed E-state index contributed by atoms with van der Waals surface area (Å²) in [5, 5.41) is 15.6. The van der Waals surface area contributed by atoms with Gasteiger partial charge in [-0.25, -0.2) is 9.78 Å². The maximum absolute atomic E-state index is 13.0. The lowest BCUT2D eigenvalue weighted by atomic mass is 10.0. The minimum absolute atomic E-state index is 0. The number of aliphatic carboxylic acids is 1. The predicted octanol–water partition coefficient (Wildman–Crippen LogP) is 7.34. The summed E-state index contributed by atoms with van der Waals surface area (Å²) in [6.07, 6.45) is -1.94. The van der Waals surface area contributed by atoms with Gasteiger partial charge in [-0.15, -0.1) is 0 Å². The smallest absolute Gasteiger partial charge is 0.416 e. The number of carbonyl (C=O) groups is 2. The largest absolute Gasteiger partial charge is 0.480 e. The summed E-state index contributed by atoms with van der Waals surface area (Å²) in [6.45, 7) is 0. The van der Waals surface area contributed by atoms with Gasteiger partial charge in [0.1, 0.15) is 6.04 Å². The maximum atomic E-state index is 13.0. The number of fused-ring (bicyclic) bond motifs is 1. The molecule has 1 aliphatic rings. The number of carbonyl (C=O) groups excluding carboxylic acids is 1. The van der Waals surface area contributed by atoms with Crippen LogP contribution < -0.4 is 10.6 Å². The number of halogens is 3. The van der Waals surface area contributed by atoms with Crippen LogP contribution in [0, 0.1) is 5.92 Å². The average Bonchev–Trinajstić information content (AvgIpc) is 3.59. The van der Waals surface area contributed by atoms with Crippen molar-refractivity contribution < 1.29 is 27.9 Å². The van der Waals surface area contributed by atoms with Crippen molar-refractivity contribution in [1.82, 2.24) is 10.3 Å². The lowest BCUT2D eigenvalue weighted by molar-refractivity contribution is -0.139. The molecule has 0 radical (unpaired) electrons. The molecule has 0 saturated heterocycles. The number of aromatic nitrogens is 1. The third-order valence-electron chi connectivity index (χ3n) is 6.20. The maximum Gasteiger partial charge on any atom is 0.416 e. The summed E-state index contributed by atoms with van der Waals surface area (Å²) in [5.74, 6) is -1.07. The number of hydrogen-bond acceptors (Lipinski definition) is 5. The van der Waals surface area contributed by atoms with Gasteiger partial charge in [-0.2, -0.15) is 13.2 Å². The van der Waals surface area contributed by atoms with E-state index < -0.39 is 29.7 Å². The van der Waals surface area contributed by atoms with Gasteiger partial charge >= 0.3 is 12.1 Å². The number of amides is 1. The van der Waals surface area contributed by atoms with Gasteiger partial charge in [0, 0.05) is 11.3 Å². The molecule has 0 bridgehead atoms. The molecule has 1 atom stereocenters. The Bertz CT molecular complexity index is 1450. The average molecular weight is 542 g/mol. The Hall–Kier alpha value is -3.92. The van der Waals surface area contributed by atoms with Gasteiger partial charge in [-0.1, -0.05) is 55.9 Å². The van der Waals surface area contributed by atoms with Crippen LogP contribution in [-0.2, 0) is 11.0 Å². The number of anilines is 2. The normalized spacial score (nSPS) is 14.0. The van der Waals surface area contributed by atoms with E-state index in [0.29, 0.717) is 33.3 Å². The van der Waals surface area contributed by atoms with E-state index in [0.717, 1.165) is 53.1 Å². The highest BCUT2D eigenvalue weighted by molar-refractivity contribution is 7.22. The highest BCUT2D eigenvalue weighted by Gasteiger charge is 2.31. The van der Waals surface area contributed by atoms with Gasteiger partial charge in [0.15, 0.2) is 5.13 Å². The van der Waals surface area contributed by atoms with Crippen molar-refractivity contribution >= 4 is 44.2 Å². The zero-order chi connectivity index (χ0) is 26.2. The Labute approximate surface area is 221 Å². The molecule has 0 aliphatic heterocycles. The van der Waals surface area contributed by atoms with Crippen molar-refractivity contribution in [2.24, 2.45) is 5.92 Å². The minimum atomic E-state index is -4.40. The zero-order valence-corrected chi connectivity index (χ0v) is 20.2. The van der Waals surface area contributed by atoms with Gasteiger partial charge in [0.25, 0.3) is 5.91 Å². The number of hydrogen-bond donors (Lipinski definition) is 3. The SMILES string of the molecule is C.O=C(N[C@@H](CC1CC1)C(=O)O)c1ccc(-c2ccc(Nc3nc4ccc(C(F)(F)F)cc4s3)cc2)cc1. The first-order valence-electron chi connectivity index (χ1n) is 11.6. The van der Waals surface area contributed by atoms with Crippen molar-refractivity contribution in [2.75, 3.05) is 5.32 Å². The van der Waals surface area contributed by atoms with E-state index in [1.807, 2.05) is 24.3 Å². The Kier molecular flexibility index (Phi) is 7.73. The standard InChI is InChI=1S/C27H22F3N3O3S.CH4/c28-27(29,30)19-9-12-21-23(14-19)37-26(33-21)31-20-10-7-17(8-11-20)16-3-5-18(6-4-16)24(34)32-22(25(35)36)13-15-1-2-15;/h3-12,14-15,22H,1-2,13H2,(H,31,33)(H,32,34)(H,35,36);1H4/t22-;/m0./s1. The molecule has 10 heteroatoms. The fraction of sp³-hybridized carbons (Fsp3) is 0.250. The molecule has 1 heterocycles. The summed E-state index contributed by atoms with van der Waals surface area (Å²) in [7, 11) is 0. The molecule has 1 fully saturated rings. The number of carboxylic acids is 1. The quantitative estimate of drug-likeness (QED) is 0.217. The minimum Gasteiger partial charge on any atom is -0.480 e. The van der Waals surface area contributed by atoms with Crippen molar-refractivity contribution in [3.63, 3.8) is 0 Å². The molecule has 4 aromatic rings. The van der Waals surface area contributed by atoms with E-state index in [-0.39, 0.29) is 7.43 Å². The first-order valence-corrected chi connectivity index (χ1v) is 12.5. The molecule has 0 unspecified atom stereocenters. The molecule has 1 saturated carbocycles. The molecule has 3 N–H and O–H groups in total. The van der Waals surface area contributed by atoms with E-state index in [4.69, 9.17) is 0 Å². The molecule has 0 spiro atoms. The van der Waals surface area contributed by atoms with Crippen LogP contribution in [0.1, 0.15) is 42.6 Å². The van der Waals surface area contributed by atoms with E-state index in [1.165, 1.54) is 6.07 Å². The highest BCUT2D eigenvalue weighted by Crippen LogP contribution is 2.35. The number of thiazole rings is 1. The van der Waals surface area contributed by atoms with Crippen LogP contribution >= 0.6 is 11.3 Å². The topological polar surface area (TPSA) is 91.3 Å². The number of nitrogens with one attached hydrogen (secondary N) is 2. The van der Waals surface area contributed by atoms with Crippen LogP contribution in [0.3, 0.4) is 0 Å². The van der Waals surface area contributed by atoms with E-state index in [2.05, 4.69) is 15.6 Å².